The Kier molecular flexibility index (Phi) is 7.21. The molecule has 0 saturated carbocycles. The van der Waals surface area contributed by atoms with Crippen molar-refractivity contribution in [3.63, 3.8) is 0 Å². The van der Waals surface area contributed by atoms with E-state index in [1.54, 1.807) is 18.2 Å². The van der Waals surface area contributed by atoms with Crippen molar-refractivity contribution >= 4 is 17.7 Å². The van der Waals surface area contributed by atoms with Gasteiger partial charge in [0.05, 0.1) is 5.69 Å². The highest BCUT2D eigenvalue weighted by Crippen LogP contribution is 2.16. The van der Waals surface area contributed by atoms with Gasteiger partial charge in [0.2, 0.25) is 0 Å². The van der Waals surface area contributed by atoms with Gasteiger partial charge >= 0.3 is 12.0 Å². The molecule has 1 aromatic rings. The zero-order valence-corrected chi connectivity index (χ0v) is 12.1. The fraction of sp³-hybridized carbons (Fsp3) is 0.467. The number of amides is 2. The van der Waals surface area contributed by atoms with Crippen LogP contribution in [0.4, 0.5) is 14.9 Å². The summed E-state index contributed by atoms with van der Waals surface area (Å²) >= 11 is 0. The Morgan fingerprint density at radius 2 is 1.86 bits per heavy atom. The number of carboxylic acid groups (broad SMARTS) is 1. The zero-order valence-electron chi connectivity index (χ0n) is 12.1. The number of hydrogen-bond donors (Lipinski definition) is 2. The lowest BCUT2D eigenvalue weighted by molar-refractivity contribution is -0.137. The van der Waals surface area contributed by atoms with E-state index in [0.717, 1.165) is 19.3 Å². The molecule has 0 aromatic heterocycles. The van der Waals surface area contributed by atoms with Crippen LogP contribution in [0.3, 0.4) is 0 Å². The van der Waals surface area contributed by atoms with Crippen molar-refractivity contribution in [3.05, 3.63) is 30.1 Å². The monoisotopic (exact) mass is 296 g/mol. The van der Waals surface area contributed by atoms with Crippen LogP contribution in [0.5, 0.6) is 0 Å². The van der Waals surface area contributed by atoms with E-state index in [0.29, 0.717) is 13.0 Å². The van der Waals surface area contributed by atoms with Crippen molar-refractivity contribution in [2.24, 2.45) is 0 Å². The molecule has 0 aliphatic rings. The van der Waals surface area contributed by atoms with Gasteiger partial charge in [0, 0.05) is 20.0 Å². The van der Waals surface area contributed by atoms with Gasteiger partial charge in [-0.05, 0) is 25.0 Å². The van der Waals surface area contributed by atoms with E-state index in [4.69, 9.17) is 5.11 Å². The third-order valence-corrected chi connectivity index (χ3v) is 3.11. The predicted molar refractivity (Wildman–Crippen MR) is 78.9 cm³/mol. The lowest BCUT2D eigenvalue weighted by atomic mass is 10.1. The molecule has 0 unspecified atom stereocenters. The maximum atomic E-state index is 13.5. The Morgan fingerprint density at radius 1 is 1.19 bits per heavy atom. The third-order valence-electron chi connectivity index (χ3n) is 3.11. The molecule has 0 saturated heterocycles. The number of carbonyl (C=O) groups is 2. The van der Waals surface area contributed by atoms with Crippen molar-refractivity contribution < 1.29 is 19.1 Å². The molecule has 5 nitrogen and oxygen atoms in total. The van der Waals surface area contributed by atoms with Crippen molar-refractivity contribution in [2.45, 2.75) is 32.1 Å². The second-order valence-electron chi connectivity index (χ2n) is 4.80. The van der Waals surface area contributed by atoms with Crippen LogP contribution in [0, 0.1) is 5.82 Å². The number of aliphatic carboxylic acids is 1. The Morgan fingerprint density at radius 3 is 2.52 bits per heavy atom. The predicted octanol–water partition coefficient (Wildman–Crippen LogP) is 3.01. The van der Waals surface area contributed by atoms with Gasteiger partial charge in [-0.2, -0.15) is 0 Å². The van der Waals surface area contributed by atoms with Gasteiger partial charge in [0.15, 0.2) is 0 Å². The highest BCUT2D eigenvalue weighted by atomic mass is 19.1. The number of rotatable bonds is 8. The van der Waals surface area contributed by atoms with E-state index < -0.39 is 11.8 Å². The summed E-state index contributed by atoms with van der Waals surface area (Å²) in [6.07, 6.45) is 3.29. The van der Waals surface area contributed by atoms with Crippen LogP contribution < -0.4 is 10.2 Å². The van der Waals surface area contributed by atoms with E-state index in [9.17, 15) is 14.0 Å². The maximum Gasteiger partial charge on any atom is 0.321 e. The maximum absolute atomic E-state index is 13.5. The van der Waals surface area contributed by atoms with E-state index in [1.165, 1.54) is 18.0 Å². The molecule has 2 amide bonds. The Balaban J connectivity index is 2.22. The summed E-state index contributed by atoms with van der Waals surface area (Å²) in [6, 6.07) is 5.74. The third kappa shape index (κ3) is 6.25. The zero-order chi connectivity index (χ0) is 15.7. The highest BCUT2D eigenvalue weighted by molar-refractivity contribution is 5.91. The van der Waals surface area contributed by atoms with Gasteiger partial charge in [0.25, 0.3) is 0 Å². The number of nitrogens with one attached hydrogen (secondary N) is 1. The van der Waals surface area contributed by atoms with Crippen LogP contribution in [0.1, 0.15) is 32.1 Å². The number of nitrogens with zero attached hydrogens (tertiary/aromatic N) is 1. The molecule has 0 aliphatic heterocycles. The first-order chi connectivity index (χ1) is 10.0. The lowest BCUT2D eigenvalue weighted by Gasteiger charge is -2.18. The Labute approximate surface area is 123 Å². The average Bonchev–Trinajstić information content (AvgIpc) is 2.45. The van der Waals surface area contributed by atoms with Crippen molar-refractivity contribution in [3.8, 4) is 0 Å². The fourth-order valence-electron chi connectivity index (χ4n) is 1.90. The molecule has 6 heteroatoms. The van der Waals surface area contributed by atoms with Gasteiger partial charge < -0.3 is 10.4 Å². The number of hydrogen-bond acceptors (Lipinski definition) is 2. The van der Waals surface area contributed by atoms with Crippen LogP contribution in [0.2, 0.25) is 0 Å². The number of para-hydroxylation sites is 1. The number of unbranched alkanes of at least 4 members (excludes halogenated alkanes) is 3. The summed E-state index contributed by atoms with van der Waals surface area (Å²) in [5, 5.41) is 11.2. The average molecular weight is 296 g/mol. The molecule has 0 atom stereocenters. The molecule has 2 N–H and O–H groups in total. The van der Waals surface area contributed by atoms with E-state index in [2.05, 4.69) is 5.32 Å². The summed E-state index contributed by atoms with van der Waals surface area (Å²) in [5.41, 5.74) is 0.233. The Hall–Kier alpha value is -2.11. The lowest BCUT2D eigenvalue weighted by Crippen LogP contribution is -2.38. The number of carboxylic acids is 1. The molecule has 21 heavy (non-hydrogen) atoms. The van der Waals surface area contributed by atoms with Gasteiger partial charge in [0.1, 0.15) is 5.82 Å². The van der Waals surface area contributed by atoms with Gasteiger partial charge in [-0.1, -0.05) is 25.0 Å². The number of halogens is 1. The molecule has 0 fully saturated rings. The summed E-state index contributed by atoms with van der Waals surface area (Å²) < 4.78 is 13.5. The summed E-state index contributed by atoms with van der Waals surface area (Å²) in [5.74, 6) is -1.22. The quantitative estimate of drug-likeness (QED) is 0.724. The topological polar surface area (TPSA) is 69.6 Å². The minimum atomic E-state index is -0.783. The minimum absolute atomic E-state index is 0.183. The van der Waals surface area contributed by atoms with Crippen LogP contribution in [-0.2, 0) is 4.79 Å². The first-order valence-corrected chi connectivity index (χ1v) is 7.00. The molecule has 0 heterocycles. The molecule has 1 rings (SSSR count). The molecule has 0 radical (unpaired) electrons. The molecule has 116 valence electrons. The standard InChI is InChI=1S/C15H21FN2O3/c1-18(13-9-6-5-8-12(13)16)15(21)17-11-7-3-2-4-10-14(19)20/h5-6,8-9H,2-4,7,10-11H2,1H3,(H,17,21)(H,19,20). The van der Waals surface area contributed by atoms with Crippen LogP contribution in [0.25, 0.3) is 0 Å². The van der Waals surface area contributed by atoms with Crippen LogP contribution >= 0.6 is 0 Å². The Bertz CT molecular complexity index is 480. The van der Waals surface area contributed by atoms with Gasteiger partial charge in [-0.3, -0.25) is 9.69 Å². The highest BCUT2D eigenvalue weighted by Gasteiger charge is 2.13. The molecule has 1 aromatic carbocycles. The van der Waals surface area contributed by atoms with Crippen LogP contribution in [-0.4, -0.2) is 30.7 Å². The van der Waals surface area contributed by atoms with Crippen molar-refractivity contribution in [1.29, 1.82) is 0 Å². The SMILES string of the molecule is CN(C(=O)NCCCCCCC(=O)O)c1ccccc1F. The van der Waals surface area contributed by atoms with Gasteiger partial charge in [-0.15, -0.1) is 0 Å². The van der Waals surface area contributed by atoms with Crippen LogP contribution in [0.15, 0.2) is 24.3 Å². The molecule has 0 aliphatic carbocycles. The summed E-state index contributed by atoms with van der Waals surface area (Å²) in [6.45, 7) is 0.491. The number of anilines is 1. The molecular weight excluding hydrogens is 275 g/mol. The van der Waals surface area contributed by atoms with Crippen molar-refractivity contribution in [2.75, 3.05) is 18.5 Å². The molecule has 0 bridgehead atoms. The largest absolute Gasteiger partial charge is 0.481 e. The first-order valence-electron chi connectivity index (χ1n) is 7.00. The second-order valence-corrected chi connectivity index (χ2v) is 4.80. The fourth-order valence-corrected chi connectivity index (χ4v) is 1.90. The van der Waals surface area contributed by atoms with E-state index in [1.807, 2.05) is 0 Å². The summed E-state index contributed by atoms with van der Waals surface area (Å²) in [4.78, 5) is 23.4. The number of urea groups is 1. The van der Waals surface area contributed by atoms with E-state index >= 15 is 0 Å². The smallest absolute Gasteiger partial charge is 0.321 e. The molecule has 0 spiro atoms. The van der Waals surface area contributed by atoms with E-state index in [-0.39, 0.29) is 18.1 Å². The number of carbonyl (C=O) groups excluding carboxylic acids is 1. The summed E-state index contributed by atoms with van der Waals surface area (Å²) in [7, 11) is 1.51. The minimum Gasteiger partial charge on any atom is -0.481 e. The normalized spacial score (nSPS) is 10.2. The number of benzene rings is 1. The van der Waals surface area contributed by atoms with Gasteiger partial charge in [-0.25, -0.2) is 9.18 Å². The second kappa shape index (κ2) is 8.94. The first kappa shape index (κ1) is 16.9. The molecular formula is C15H21FN2O3. The van der Waals surface area contributed by atoms with Crippen molar-refractivity contribution in [1.82, 2.24) is 5.32 Å².